The Morgan fingerprint density at radius 2 is 2.04 bits per heavy atom. The van der Waals surface area contributed by atoms with Gasteiger partial charge in [0.25, 0.3) is 0 Å². The molecule has 0 heterocycles. The molecule has 0 saturated carbocycles. The maximum Gasteiger partial charge on any atom is 0.304 e. The summed E-state index contributed by atoms with van der Waals surface area (Å²) >= 11 is 0. The molecule has 2 aromatic carbocycles. The number of ether oxygens (including phenoxy) is 1. The van der Waals surface area contributed by atoms with Gasteiger partial charge in [0.05, 0.1) is 6.42 Å². The third-order valence-corrected chi connectivity index (χ3v) is 5.56. The standard InChI is InChI=1S/C24H28O3/c1-2-3-7-14-24(17-23(25)26)15-8-11-20-12-13-21(16-22(20)24)27-18-19-9-5-4-6-10-19/h2,4-6,9-10,12-13,16H,1,3,7-8,11,14-15,17-18H2,(H,25,26). The number of rotatable bonds is 9. The molecule has 3 rings (SSSR count). The van der Waals surface area contributed by atoms with E-state index in [9.17, 15) is 9.90 Å². The second-order valence-electron chi connectivity index (χ2n) is 7.48. The molecule has 3 heteroatoms. The molecule has 0 fully saturated rings. The zero-order valence-electron chi connectivity index (χ0n) is 15.8. The van der Waals surface area contributed by atoms with Crippen LogP contribution in [0.3, 0.4) is 0 Å². The quantitative estimate of drug-likeness (QED) is 0.460. The van der Waals surface area contributed by atoms with Crippen LogP contribution in [0.25, 0.3) is 0 Å². The second-order valence-corrected chi connectivity index (χ2v) is 7.48. The van der Waals surface area contributed by atoms with Crippen LogP contribution in [0.15, 0.2) is 61.2 Å². The summed E-state index contributed by atoms with van der Waals surface area (Å²) in [4.78, 5) is 11.7. The Labute approximate surface area is 161 Å². The van der Waals surface area contributed by atoms with E-state index in [1.165, 1.54) is 11.1 Å². The van der Waals surface area contributed by atoms with Crippen LogP contribution in [-0.4, -0.2) is 11.1 Å². The molecule has 0 aromatic heterocycles. The molecule has 27 heavy (non-hydrogen) atoms. The lowest BCUT2D eigenvalue weighted by molar-refractivity contribution is -0.138. The highest BCUT2D eigenvalue weighted by molar-refractivity contribution is 5.69. The van der Waals surface area contributed by atoms with Crippen molar-refractivity contribution in [1.82, 2.24) is 0 Å². The third-order valence-electron chi connectivity index (χ3n) is 5.56. The fourth-order valence-electron chi connectivity index (χ4n) is 4.26. The van der Waals surface area contributed by atoms with Crippen molar-refractivity contribution in [3.05, 3.63) is 77.9 Å². The van der Waals surface area contributed by atoms with Gasteiger partial charge >= 0.3 is 5.97 Å². The second kappa shape index (κ2) is 8.90. The number of aliphatic carboxylic acids is 1. The molecule has 142 valence electrons. The molecule has 1 aliphatic rings. The fourth-order valence-corrected chi connectivity index (χ4v) is 4.26. The number of hydrogen-bond donors (Lipinski definition) is 1. The van der Waals surface area contributed by atoms with E-state index < -0.39 is 5.97 Å². The lowest BCUT2D eigenvalue weighted by Crippen LogP contribution is -2.33. The summed E-state index contributed by atoms with van der Waals surface area (Å²) in [6.45, 7) is 4.32. The summed E-state index contributed by atoms with van der Waals surface area (Å²) in [6, 6.07) is 16.3. The van der Waals surface area contributed by atoms with Crippen LogP contribution < -0.4 is 4.74 Å². The predicted octanol–water partition coefficient (Wildman–Crippen LogP) is 5.67. The Bertz CT molecular complexity index is 781. The van der Waals surface area contributed by atoms with Gasteiger partial charge in [0.1, 0.15) is 12.4 Å². The number of fused-ring (bicyclic) bond motifs is 1. The van der Waals surface area contributed by atoms with E-state index in [1.807, 2.05) is 42.5 Å². The van der Waals surface area contributed by atoms with Crippen LogP contribution in [0, 0.1) is 0 Å². The smallest absolute Gasteiger partial charge is 0.304 e. The van der Waals surface area contributed by atoms with Crippen molar-refractivity contribution in [2.75, 3.05) is 0 Å². The molecule has 0 amide bonds. The Hall–Kier alpha value is -2.55. The lowest BCUT2D eigenvalue weighted by Gasteiger charge is -2.38. The Morgan fingerprint density at radius 1 is 1.22 bits per heavy atom. The fraction of sp³-hybridized carbons (Fsp3) is 0.375. The monoisotopic (exact) mass is 364 g/mol. The van der Waals surface area contributed by atoms with Crippen LogP contribution in [0.5, 0.6) is 5.75 Å². The van der Waals surface area contributed by atoms with Gasteiger partial charge in [-0.2, -0.15) is 0 Å². The van der Waals surface area contributed by atoms with Crippen molar-refractivity contribution in [1.29, 1.82) is 0 Å². The number of hydrogen-bond acceptors (Lipinski definition) is 2. The zero-order chi connectivity index (χ0) is 19.1. The molecule has 0 aliphatic heterocycles. The summed E-state index contributed by atoms with van der Waals surface area (Å²) in [5.74, 6) is 0.0926. The first-order valence-electron chi connectivity index (χ1n) is 9.76. The van der Waals surface area contributed by atoms with Gasteiger partial charge in [-0.3, -0.25) is 4.79 Å². The predicted molar refractivity (Wildman–Crippen MR) is 108 cm³/mol. The molecular weight excluding hydrogens is 336 g/mol. The van der Waals surface area contributed by atoms with Gasteiger partial charge in [-0.25, -0.2) is 0 Å². The Kier molecular flexibility index (Phi) is 6.33. The third kappa shape index (κ3) is 4.79. The Morgan fingerprint density at radius 3 is 2.78 bits per heavy atom. The Balaban J connectivity index is 1.86. The van der Waals surface area contributed by atoms with E-state index in [-0.39, 0.29) is 11.8 Å². The van der Waals surface area contributed by atoms with E-state index in [2.05, 4.69) is 18.7 Å². The van der Waals surface area contributed by atoms with Gasteiger partial charge in [0.15, 0.2) is 0 Å². The van der Waals surface area contributed by atoms with Gasteiger partial charge in [-0.1, -0.05) is 42.5 Å². The highest BCUT2D eigenvalue weighted by Gasteiger charge is 2.38. The van der Waals surface area contributed by atoms with Gasteiger partial charge in [0.2, 0.25) is 0 Å². The van der Waals surface area contributed by atoms with E-state index >= 15 is 0 Å². The normalized spacial score (nSPS) is 18.5. The largest absolute Gasteiger partial charge is 0.489 e. The summed E-state index contributed by atoms with van der Waals surface area (Å²) in [6.07, 6.45) is 7.82. The van der Waals surface area contributed by atoms with Gasteiger partial charge in [-0.15, -0.1) is 6.58 Å². The molecule has 2 aromatic rings. The lowest BCUT2D eigenvalue weighted by atomic mass is 9.65. The molecule has 1 aliphatic carbocycles. The number of allylic oxidation sites excluding steroid dienone is 1. The number of aryl methyl sites for hydroxylation is 1. The van der Waals surface area contributed by atoms with E-state index in [0.29, 0.717) is 6.61 Å². The number of carboxylic acids is 1. The average Bonchev–Trinajstić information content (AvgIpc) is 2.67. The maximum absolute atomic E-state index is 11.7. The summed E-state index contributed by atoms with van der Waals surface area (Å²) in [5.41, 5.74) is 3.27. The van der Waals surface area contributed by atoms with Crippen molar-refractivity contribution in [3.63, 3.8) is 0 Å². The van der Waals surface area contributed by atoms with Gasteiger partial charge < -0.3 is 9.84 Å². The van der Waals surface area contributed by atoms with Crippen molar-refractivity contribution in [3.8, 4) is 5.75 Å². The highest BCUT2D eigenvalue weighted by atomic mass is 16.5. The first-order valence-corrected chi connectivity index (χ1v) is 9.76. The number of carboxylic acid groups (broad SMARTS) is 1. The van der Waals surface area contributed by atoms with E-state index in [0.717, 1.165) is 49.8 Å². The van der Waals surface area contributed by atoms with Crippen molar-refractivity contribution >= 4 is 5.97 Å². The number of carbonyl (C=O) groups is 1. The van der Waals surface area contributed by atoms with E-state index in [1.54, 1.807) is 0 Å². The summed E-state index contributed by atoms with van der Waals surface area (Å²) < 4.78 is 6.02. The molecule has 0 bridgehead atoms. The molecule has 1 atom stereocenters. The number of unbranched alkanes of at least 4 members (excludes halogenated alkanes) is 1. The minimum Gasteiger partial charge on any atom is -0.489 e. The molecular formula is C24H28O3. The molecule has 3 nitrogen and oxygen atoms in total. The minimum absolute atomic E-state index is 0.180. The molecule has 0 radical (unpaired) electrons. The molecule has 0 spiro atoms. The first-order chi connectivity index (χ1) is 13.1. The van der Waals surface area contributed by atoms with Crippen LogP contribution in [0.4, 0.5) is 0 Å². The number of benzene rings is 2. The molecule has 1 unspecified atom stereocenters. The van der Waals surface area contributed by atoms with E-state index in [4.69, 9.17) is 4.74 Å². The molecule has 0 saturated heterocycles. The molecule has 1 N–H and O–H groups in total. The van der Waals surface area contributed by atoms with Crippen molar-refractivity contribution in [2.45, 2.75) is 57.0 Å². The first kappa shape index (κ1) is 19.2. The summed E-state index contributed by atoms with van der Waals surface area (Å²) in [5, 5.41) is 9.58. The topological polar surface area (TPSA) is 46.5 Å². The minimum atomic E-state index is -0.725. The van der Waals surface area contributed by atoms with Gasteiger partial charge in [0, 0.05) is 5.41 Å². The van der Waals surface area contributed by atoms with Crippen molar-refractivity contribution in [2.24, 2.45) is 0 Å². The van der Waals surface area contributed by atoms with Crippen molar-refractivity contribution < 1.29 is 14.6 Å². The van der Waals surface area contributed by atoms with Gasteiger partial charge in [-0.05, 0) is 67.3 Å². The zero-order valence-corrected chi connectivity index (χ0v) is 15.8. The summed E-state index contributed by atoms with van der Waals surface area (Å²) in [7, 11) is 0. The van der Waals surface area contributed by atoms with Crippen LogP contribution in [-0.2, 0) is 23.2 Å². The van der Waals surface area contributed by atoms with Crippen LogP contribution in [0.2, 0.25) is 0 Å². The SMILES string of the molecule is C=CCCCC1(CC(=O)O)CCCc2ccc(OCc3ccccc3)cc21. The van der Waals surface area contributed by atoms with Crippen LogP contribution in [0.1, 0.15) is 55.2 Å². The maximum atomic E-state index is 11.7. The highest BCUT2D eigenvalue weighted by Crippen LogP contribution is 2.45. The average molecular weight is 364 g/mol. The van der Waals surface area contributed by atoms with Crippen LogP contribution >= 0.6 is 0 Å².